The molecule has 0 saturated heterocycles. The number of methoxy groups -OCH3 is 1. The molecule has 0 radical (unpaired) electrons. The van der Waals surface area contributed by atoms with Crippen LogP contribution in [0.3, 0.4) is 0 Å². The monoisotopic (exact) mass is 539 g/mol. The van der Waals surface area contributed by atoms with Gasteiger partial charge in [0.2, 0.25) is 0 Å². The molecule has 1 saturated carbocycles. The Bertz CT molecular complexity index is 1450. The summed E-state index contributed by atoms with van der Waals surface area (Å²) < 4.78 is 38.7. The van der Waals surface area contributed by atoms with E-state index in [1.54, 1.807) is 14.0 Å². The molecule has 1 heterocycles. The molecule has 0 unspecified atom stereocenters. The van der Waals surface area contributed by atoms with E-state index in [0.29, 0.717) is 27.7 Å². The Balaban J connectivity index is 1.36. The summed E-state index contributed by atoms with van der Waals surface area (Å²) in [6, 6.07) is 19.2. The lowest BCUT2D eigenvalue weighted by Gasteiger charge is -2.16. The van der Waals surface area contributed by atoms with Gasteiger partial charge in [0.1, 0.15) is 17.7 Å². The van der Waals surface area contributed by atoms with E-state index in [0.717, 1.165) is 28.5 Å². The maximum absolute atomic E-state index is 14.3. The SMILES string of the molecule is COc1cc(-c2sc(F)cc2NC(=O)O[C@H](C)c2ccc(F)cc2Cl)ccc1-c1ccc(C2CC2)cc1. The number of hydrogen-bond donors (Lipinski definition) is 1. The lowest BCUT2D eigenvalue weighted by atomic mass is 9.99. The summed E-state index contributed by atoms with van der Waals surface area (Å²) in [5.74, 6) is 0.833. The summed E-state index contributed by atoms with van der Waals surface area (Å²) >= 11 is 6.98. The molecule has 1 aliphatic carbocycles. The van der Waals surface area contributed by atoms with Crippen LogP contribution < -0.4 is 10.1 Å². The van der Waals surface area contributed by atoms with Crippen molar-refractivity contribution in [2.24, 2.45) is 0 Å². The second-order valence-electron chi connectivity index (χ2n) is 8.94. The summed E-state index contributed by atoms with van der Waals surface area (Å²) in [5.41, 5.74) is 4.72. The average Bonchev–Trinajstić information content (AvgIpc) is 3.66. The molecule has 5 rings (SSSR count). The van der Waals surface area contributed by atoms with Gasteiger partial charge >= 0.3 is 6.09 Å². The normalized spacial score (nSPS) is 13.8. The summed E-state index contributed by atoms with van der Waals surface area (Å²) in [5, 5.41) is 2.31. The van der Waals surface area contributed by atoms with E-state index in [1.165, 1.54) is 36.6 Å². The van der Waals surface area contributed by atoms with E-state index in [2.05, 4.69) is 29.6 Å². The molecule has 4 aromatic rings. The quantitative estimate of drug-likeness (QED) is 0.254. The van der Waals surface area contributed by atoms with Crippen LogP contribution in [0.5, 0.6) is 5.75 Å². The maximum atomic E-state index is 14.3. The Kier molecular flexibility index (Phi) is 7.17. The largest absolute Gasteiger partial charge is 0.496 e. The predicted octanol–water partition coefficient (Wildman–Crippen LogP) is 9.21. The molecule has 1 amide bonds. The van der Waals surface area contributed by atoms with Crippen molar-refractivity contribution in [3.63, 3.8) is 0 Å². The fourth-order valence-electron chi connectivity index (χ4n) is 4.29. The number of rotatable bonds is 7. The van der Waals surface area contributed by atoms with E-state index >= 15 is 0 Å². The number of hydrogen-bond acceptors (Lipinski definition) is 4. The first-order valence-corrected chi connectivity index (χ1v) is 13.0. The summed E-state index contributed by atoms with van der Waals surface area (Å²) in [4.78, 5) is 13.1. The molecular formula is C29H24ClF2NO3S. The van der Waals surface area contributed by atoms with Crippen LogP contribution in [-0.2, 0) is 4.74 Å². The van der Waals surface area contributed by atoms with E-state index < -0.39 is 23.1 Å². The number of benzene rings is 3. The van der Waals surface area contributed by atoms with Gasteiger partial charge in [-0.15, -0.1) is 11.3 Å². The molecule has 0 bridgehead atoms. The number of nitrogens with one attached hydrogen (secondary N) is 1. The van der Waals surface area contributed by atoms with Crippen molar-refractivity contribution in [1.29, 1.82) is 0 Å². The highest BCUT2D eigenvalue weighted by molar-refractivity contribution is 7.14. The van der Waals surface area contributed by atoms with Crippen molar-refractivity contribution >= 4 is 34.7 Å². The van der Waals surface area contributed by atoms with Gasteiger partial charge in [-0.05, 0) is 60.6 Å². The van der Waals surface area contributed by atoms with E-state index in [-0.39, 0.29) is 10.7 Å². The Morgan fingerprint density at radius 3 is 2.43 bits per heavy atom. The van der Waals surface area contributed by atoms with Crippen LogP contribution in [0.2, 0.25) is 5.02 Å². The van der Waals surface area contributed by atoms with E-state index in [1.807, 2.05) is 18.2 Å². The number of carbonyl (C=O) groups is 1. The van der Waals surface area contributed by atoms with Crippen molar-refractivity contribution in [3.8, 4) is 27.3 Å². The van der Waals surface area contributed by atoms with Crippen LogP contribution in [0.25, 0.3) is 21.6 Å². The third kappa shape index (κ3) is 5.63. The second kappa shape index (κ2) is 10.5. The smallest absolute Gasteiger partial charge is 0.412 e. The zero-order valence-electron chi connectivity index (χ0n) is 20.2. The first-order chi connectivity index (χ1) is 17.8. The number of carbonyl (C=O) groups excluding carboxylic acids is 1. The third-order valence-electron chi connectivity index (χ3n) is 6.36. The van der Waals surface area contributed by atoms with Gasteiger partial charge in [0, 0.05) is 17.2 Å². The highest BCUT2D eigenvalue weighted by Crippen LogP contribution is 2.43. The number of halogens is 3. The van der Waals surface area contributed by atoms with Gasteiger partial charge in [-0.1, -0.05) is 54.1 Å². The standard InChI is InChI=1S/C29H24ClF2NO3S/c1-16(22-12-10-21(31)14-24(22)30)36-29(34)33-25-15-27(32)37-28(25)20-9-11-23(26(13-20)35-2)19-7-5-18(6-8-19)17-3-4-17/h5-17H,3-4H2,1-2H3,(H,33,34)/t16-/m1/s1. The van der Waals surface area contributed by atoms with Gasteiger partial charge in [0.25, 0.3) is 0 Å². The Morgan fingerprint density at radius 1 is 1.03 bits per heavy atom. The molecule has 190 valence electrons. The Morgan fingerprint density at radius 2 is 1.76 bits per heavy atom. The van der Waals surface area contributed by atoms with Crippen LogP contribution in [0.15, 0.2) is 66.7 Å². The van der Waals surface area contributed by atoms with Crippen molar-refractivity contribution in [1.82, 2.24) is 0 Å². The van der Waals surface area contributed by atoms with Gasteiger partial charge in [0.15, 0.2) is 5.13 Å². The molecule has 1 atom stereocenters. The third-order valence-corrected chi connectivity index (χ3v) is 7.66. The zero-order valence-corrected chi connectivity index (χ0v) is 21.8. The van der Waals surface area contributed by atoms with Gasteiger partial charge in [-0.3, -0.25) is 5.32 Å². The van der Waals surface area contributed by atoms with Gasteiger partial charge in [-0.25, -0.2) is 9.18 Å². The molecule has 1 aliphatic rings. The molecule has 1 aromatic heterocycles. The van der Waals surface area contributed by atoms with Crippen molar-refractivity contribution in [2.45, 2.75) is 31.8 Å². The number of thiophene rings is 1. The lowest BCUT2D eigenvalue weighted by Crippen LogP contribution is -2.16. The lowest BCUT2D eigenvalue weighted by molar-refractivity contribution is 0.121. The summed E-state index contributed by atoms with van der Waals surface area (Å²) in [6.45, 7) is 1.62. The molecule has 1 fully saturated rings. The molecular weight excluding hydrogens is 516 g/mol. The molecule has 8 heteroatoms. The number of ether oxygens (including phenoxy) is 2. The first kappa shape index (κ1) is 25.2. The highest BCUT2D eigenvalue weighted by Gasteiger charge is 2.23. The van der Waals surface area contributed by atoms with Gasteiger partial charge in [-0.2, -0.15) is 4.39 Å². The molecule has 1 N–H and O–H groups in total. The highest BCUT2D eigenvalue weighted by atomic mass is 35.5. The van der Waals surface area contributed by atoms with Gasteiger partial charge < -0.3 is 9.47 Å². The number of amides is 1. The van der Waals surface area contributed by atoms with Crippen LogP contribution >= 0.6 is 22.9 Å². The minimum Gasteiger partial charge on any atom is -0.496 e. The molecule has 4 nitrogen and oxygen atoms in total. The predicted molar refractivity (Wildman–Crippen MR) is 144 cm³/mol. The van der Waals surface area contributed by atoms with Crippen molar-refractivity contribution in [3.05, 3.63) is 93.8 Å². The fourth-order valence-corrected chi connectivity index (χ4v) is 5.44. The molecule has 0 aliphatic heterocycles. The zero-order chi connectivity index (χ0) is 26.1. The van der Waals surface area contributed by atoms with Crippen LogP contribution in [0, 0.1) is 10.9 Å². The summed E-state index contributed by atoms with van der Waals surface area (Å²) in [7, 11) is 1.59. The van der Waals surface area contributed by atoms with Gasteiger partial charge in [0.05, 0.1) is 22.7 Å². The topological polar surface area (TPSA) is 47.6 Å². The van der Waals surface area contributed by atoms with Crippen molar-refractivity contribution < 1.29 is 23.0 Å². The maximum Gasteiger partial charge on any atom is 0.412 e. The summed E-state index contributed by atoms with van der Waals surface area (Å²) in [6.07, 6.45) is 0.965. The first-order valence-electron chi connectivity index (χ1n) is 11.8. The number of anilines is 1. The van der Waals surface area contributed by atoms with Crippen molar-refractivity contribution in [2.75, 3.05) is 12.4 Å². The van der Waals surface area contributed by atoms with E-state index in [9.17, 15) is 13.6 Å². The molecule has 37 heavy (non-hydrogen) atoms. The van der Waals surface area contributed by atoms with Crippen LogP contribution in [0.4, 0.5) is 19.3 Å². The fraction of sp³-hybridized carbons (Fsp3) is 0.207. The Labute approximate surface area is 222 Å². The van der Waals surface area contributed by atoms with Crippen LogP contribution in [-0.4, -0.2) is 13.2 Å². The minimum atomic E-state index is -0.786. The van der Waals surface area contributed by atoms with E-state index in [4.69, 9.17) is 21.1 Å². The minimum absolute atomic E-state index is 0.150. The molecule has 3 aromatic carbocycles. The Hall–Kier alpha value is -3.42. The second-order valence-corrected chi connectivity index (χ2v) is 10.4. The van der Waals surface area contributed by atoms with Crippen LogP contribution in [0.1, 0.15) is 42.9 Å². The average molecular weight is 540 g/mol. The molecule has 0 spiro atoms.